The van der Waals surface area contributed by atoms with Crippen molar-refractivity contribution in [2.45, 2.75) is 18.4 Å². The molecule has 3 heterocycles. The summed E-state index contributed by atoms with van der Waals surface area (Å²) in [5.74, 6) is 0. The Morgan fingerprint density at radius 2 is 2.67 bits per heavy atom. The smallest absolute Gasteiger partial charge is 0.163 e. The maximum atomic E-state index is 5.68. The summed E-state index contributed by atoms with van der Waals surface area (Å²) in [5.41, 5.74) is 0.736. The molecule has 3 rings (SSSR count). The lowest BCUT2D eigenvalue weighted by atomic mass is 10.0. The Morgan fingerprint density at radius 3 is 3.27 bits per heavy atom. The highest BCUT2D eigenvalue weighted by Crippen LogP contribution is 2.52. The highest BCUT2D eigenvalue weighted by Gasteiger charge is 2.64. The van der Waals surface area contributed by atoms with Gasteiger partial charge in [-0.05, 0) is 15.9 Å². The quantitative estimate of drug-likeness (QED) is 0.768. The van der Waals surface area contributed by atoms with Gasteiger partial charge in [-0.15, -0.1) is 0 Å². The van der Waals surface area contributed by atoms with E-state index in [9.17, 15) is 0 Å². The average molecular weight is 275 g/mol. The fourth-order valence-electron chi connectivity index (χ4n) is 2.11. The van der Waals surface area contributed by atoms with Crippen molar-refractivity contribution in [2.24, 2.45) is 0 Å². The molecule has 2 aliphatic rings. The normalized spacial score (nSPS) is 33.1. The Hall–Kier alpha value is -0.430. The standard InChI is InChI=1S/C9H11BrN2O3/c1-13-5-12-8(6(10)2-11-12)9-4-14-3-7(9)15-9/h2,7H,3-5H2,1H3. The first kappa shape index (κ1) is 9.77. The van der Waals surface area contributed by atoms with E-state index in [2.05, 4.69) is 21.0 Å². The minimum Gasteiger partial charge on any atom is -0.375 e. The van der Waals surface area contributed by atoms with Crippen LogP contribution >= 0.6 is 15.9 Å². The third-order valence-electron chi connectivity index (χ3n) is 2.85. The zero-order chi connectivity index (χ0) is 10.5. The molecular formula is C9H11BrN2O3. The molecule has 2 unspecified atom stereocenters. The number of hydrogen-bond acceptors (Lipinski definition) is 4. The second-order valence-corrected chi connectivity index (χ2v) is 4.62. The van der Waals surface area contributed by atoms with Gasteiger partial charge in [-0.3, -0.25) is 0 Å². The predicted octanol–water partition coefficient (Wildman–Crippen LogP) is 0.874. The van der Waals surface area contributed by atoms with Crippen LogP contribution in [0.2, 0.25) is 0 Å². The van der Waals surface area contributed by atoms with E-state index in [0.717, 1.165) is 10.2 Å². The van der Waals surface area contributed by atoms with Gasteiger partial charge in [0.1, 0.15) is 12.8 Å². The number of fused-ring (bicyclic) bond motifs is 1. The summed E-state index contributed by atoms with van der Waals surface area (Å²) in [6.07, 6.45) is 1.95. The van der Waals surface area contributed by atoms with Gasteiger partial charge in [0.05, 0.1) is 29.6 Å². The molecule has 0 N–H and O–H groups in total. The van der Waals surface area contributed by atoms with E-state index in [1.165, 1.54) is 0 Å². The SMILES string of the molecule is COCn1ncc(Br)c1C12COCC1O2. The zero-order valence-electron chi connectivity index (χ0n) is 8.27. The summed E-state index contributed by atoms with van der Waals surface area (Å²) in [5, 5.41) is 4.23. The number of aromatic nitrogens is 2. The summed E-state index contributed by atoms with van der Waals surface area (Å²) in [4.78, 5) is 0. The Kier molecular flexibility index (Phi) is 2.14. The van der Waals surface area contributed by atoms with Crippen molar-refractivity contribution in [1.82, 2.24) is 9.78 Å². The van der Waals surface area contributed by atoms with Crippen LogP contribution in [-0.2, 0) is 26.5 Å². The summed E-state index contributed by atoms with van der Waals surface area (Å²) in [6, 6.07) is 0. The molecule has 0 aromatic carbocycles. The van der Waals surface area contributed by atoms with Crippen LogP contribution in [0.4, 0.5) is 0 Å². The number of epoxide rings is 1. The summed E-state index contributed by atoms with van der Waals surface area (Å²) in [7, 11) is 1.65. The monoisotopic (exact) mass is 274 g/mol. The highest BCUT2D eigenvalue weighted by atomic mass is 79.9. The second-order valence-electron chi connectivity index (χ2n) is 3.77. The minimum atomic E-state index is -0.284. The number of methoxy groups -OCH3 is 1. The molecular weight excluding hydrogens is 264 g/mol. The molecule has 82 valence electrons. The fraction of sp³-hybridized carbons (Fsp3) is 0.667. The maximum Gasteiger partial charge on any atom is 0.163 e. The Bertz CT molecular complexity index is 395. The molecule has 15 heavy (non-hydrogen) atoms. The van der Waals surface area contributed by atoms with E-state index in [-0.39, 0.29) is 11.7 Å². The number of ether oxygens (including phenoxy) is 3. The molecule has 0 spiro atoms. The van der Waals surface area contributed by atoms with Crippen LogP contribution in [0.5, 0.6) is 0 Å². The van der Waals surface area contributed by atoms with Gasteiger partial charge in [0.25, 0.3) is 0 Å². The third kappa shape index (κ3) is 1.29. The predicted molar refractivity (Wildman–Crippen MR) is 54.3 cm³/mol. The van der Waals surface area contributed by atoms with E-state index in [1.807, 2.05) is 0 Å². The van der Waals surface area contributed by atoms with Crippen LogP contribution in [0.3, 0.4) is 0 Å². The van der Waals surface area contributed by atoms with Gasteiger partial charge in [0.2, 0.25) is 0 Å². The Morgan fingerprint density at radius 1 is 1.80 bits per heavy atom. The van der Waals surface area contributed by atoms with Gasteiger partial charge in [0, 0.05) is 7.11 Å². The van der Waals surface area contributed by atoms with E-state index in [4.69, 9.17) is 14.2 Å². The molecule has 6 heteroatoms. The largest absolute Gasteiger partial charge is 0.375 e. The van der Waals surface area contributed by atoms with Crippen LogP contribution in [0.1, 0.15) is 5.69 Å². The van der Waals surface area contributed by atoms with Crippen LogP contribution < -0.4 is 0 Å². The van der Waals surface area contributed by atoms with Gasteiger partial charge < -0.3 is 14.2 Å². The molecule has 2 fully saturated rings. The first-order valence-corrected chi connectivity index (χ1v) is 5.53. The van der Waals surface area contributed by atoms with Crippen LogP contribution in [0.25, 0.3) is 0 Å². The van der Waals surface area contributed by atoms with Crippen molar-refractivity contribution in [3.63, 3.8) is 0 Å². The molecule has 0 bridgehead atoms. The first-order valence-electron chi connectivity index (χ1n) is 4.74. The summed E-state index contributed by atoms with van der Waals surface area (Å²) >= 11 is 3.48. The number of nitrogens with zero attached hydrogens (tertiary/aromatic N) is 2. The summed E-state index contributed by atoms with van der Waals surface area (Å²) in [6.45, 7) is 1.70. The van der Waals surface area contributed by atoms with Crippen molar-refractivity contribution in [2.75, 3.05) is 20.3 Å². The zero-order valence-corrected chi connectivity index (χ0v) is 9.86. The maximum absolute atomic E-state index is 5.68. The molecule has 2 atom stereocenters. The lowest BCUT2D eigenvalue weighted by Crippen LogP contribution is -2.20. The lowest BCUT2D eigenvalue weighted by molar-refractivity contribution is 0.0595. The van der Waals surface area contributed by atoms with Crippen molar-refractivity contribution in [1.29, 1.82) is 0 Å². The fourth-order valence-corrected chi connectivity index (χ4v) is 2.74. The molecule has 0 saturated carbocycles. The topological polar surface area (TPSA) is 48.8 Å². The molecule has 2 saturated heterocycles. The highest BCUT2D eigenvalue weighted by molar-refractivity contribution is 9.10. The van der Waals surface area contributed by atoms with Crippen LogP contribution in [-0.4, -0.2) is 36.2 Å². The van der Waals surface area contributed by atoms with Crippen LogP contribution in [0.15, 0.2) is 10.7 Å². The molecule has 0 amide bonds. The summed E-state index contributed by atoms with van der Waals surface area (Å²) < 4.78 is 18.9. The van der Waals surface area contributed by atoms with Crippen molar-refractivity contribution in [3.05, 3.63) is 16.4 Å². The van der Waals surface area contributed by atoms with E-state index >= 15 is 0 Å². The second kappa shape index (κ2) is 3.28. The van der Waals surface area contributed by atoms with Gasteiger partial charge in [0.15, 0.2) is 5.60 Å². The van der Waals surface area contributed by atoms with Crippen LogP contribution in [0, 0.1) is 0 Å². The number of hydrogen-bond donors (Lipinski definition) is 0. The van der Waals surface area contributed by atoms with Gasteiger partial charge in [-0.25, -0.2) is 4.68 Å². The van der Waals surface area contributed by atoms with E-state index in [1.54, 1.807) is 18.0 Å². The molecule has 2 aliphatic heterocycles. The lowest BCUT2D eigenvalue weighted by Gasteiger charge is -2.11. The van der Waals surface area contributed by atoms with Gasteiger partial charge in [-0.2, -0.15) is 5.10 Å². The average Bonchev–Trinajstić information content (AvgIpc) is 2.58. The van der Waals surface area contributed by atoms with Crippen molar-refractivity contribution < 1.29 is 14.2 Å². The molecule has 1 aromatic heterocycles. The number of halogens is 1. The van der Waals surface area contributed by atoms with Crippen molar-refractivity contribution in [3.8, 4) is 0 Å². The molecule has 1 aromatic rings. The molecule has 0 radical (unpaired) electrons. The molecule has 5 nitrogen and oxygen atoms in total. The van der Waals surface area contributed by atoms with Gasteiger partial charge in [-0.1, -0.05) is 0 Å². The minimum absolute atomic E-state index is 0.182. The van der Waals surface area contributed by atoms with E-state index < -0.39 is 0 Å². The third-order valence-corrected chi connectivity index (χ3v) is 3.43. The van der Waals surface area contributed by atoms with Crippen molar-refractivity contribution >= 4 is 15.9 Å². The Labute approximate surface area is 95.4 Å². The Balaban J connectivity index is 1.99. The molecule has 0 aliphatic carbocycles. The first-order chi connectivity index (χ1) is 7.28. The van der Waals surface area contributed by atoms with Gasteiger partial charge >= 0.3 is 0 Å². The number of rotatable bonds is 3. The van der Waals surface area contributed by atoms with E-state index in [0.29, 0.717) is 19.9 Å².